The fraction of sp³-hybridized carbons (Fsp3) is 0.700. The lowest BCUT2D eigenvalue weighted by Crippen LogP contribution is -2.69. The number of H-pyrrole nitrogens is 1. The van der Waals surface area contributed by atoms with Gasteiger partial charge < -0.3 is 20.1 Å². The van der Waals surface area contributed by atoms with Gasteiger partial charge in [0.05, 0.1) is 11.1 Å². The number of aliphatic hydroxyl groups is 1. The van der Waals surface area contributed by atoms with Crippen LogP contribution < -0.4 is 5.32 Å². The Bertz CT molecular complexity index is 702. The summed E-state index contributed by atoms with van der Waals surface area (Å²) in [6.45, 7) is 6.85. The molecule has 2 aliphatic heterocycles. The summed E-state index contributed by atoms with van der Waals surface area (Å²) in [6.07, 6.45) is 4.49. The molecule has 0 saturated carbocycles. The van der Waals surface area contributed by atoms with Gasteiger partial charge in [0.15, 0.2) is 0 Å². The van der Waals surface area contributed by atoms with Gasteiger partial charge in [-0.2, -0.15) is 5.26 Å². The van der Waals surface area contributed by atoms with Gasteiger partial charge >= 0.3 is 0 Å². The van der Waals surface area contributed by atoms with Gasteiger partial charge in [0.25, 0.3) is 0 Å². The first-order valence-corrected chi connectivity index (χ1v) is 9.83. The highest BCUT2D eigenvalue weighted by atomic mass is 16.5. The van der Waals surface area contributed by atoms with Crippen LogP contribution in [-0.4, -0.2) is 57.8 Å². The molecular formula is C20H30N4O3. The van der Waals surface area contributed by atoms with E-state index < -0.39 is 17.2 Å². The molecular weight excluding hydrogens is 344 g/mol. The van der Waals surface area contributed by atoms with E-state index in [4.69, 9.17) is 10.00 Å². The number of hydrogen-bond donors (Lipinski definition) is 3. The number of hydrogen-bond acceptors (Lipinski definition) is 5. The molecule has 0 bridgehead atoms. The van der Waals surface area contributed by atoms with Crippen LogP contribution in [0.5, 0.6) is 0 Å². The first-order chi connectivity index (χ1) is 12.9. The predicted octanol–water partition coefficient (Wildman–Crippen LogP) is 1.68. The molecule has 0 aromatic carbocycles. The van der Waals surface area contributed by atoms with Crippen molar-refractivity contribution in [1.82, 2.24) is 15.2 Å². The van der Waals surface area contributed by atoms with Gasteiger partial charge in [0.2, 0.25) is 5.91 Å². The molecule has 1 aromatic rings. The minimum atomic E-state index is -0.723. The quantitative estimate of drug-likeness (QED) is 0.728. The largest absolute Gasteiger partial charge is 0.388 e. The third-order valence-electron chi connectivity index (χ3n) is 5.99. The number of likely N-dealkylation sites (tertiary alicyclic amines) is 1. The second kappa shape index (κ2) is 8.01. The van der Waals surface area contributed by atoms with Crippen molar-refractivity contribution in [3.63, 3.8) is 0 Å². The van der Waals surface area contributed by atoms with Gasteiger partial charge in [-0.15, -0.1) is 0 Å². The van der Waals surface area contributed by atoms with Crippen LogP contribution >= 0.6 is 0 Å². The molecule has 1 spiro atoms. The van der Waals surface area contributed by atoms with Gasteiger partial charge in [-0.3, -0.25) is 9.69 Å². The maximum atomic E-state index is 12.1. The van der Waals surface area contributed by atoms with E-state index in [-0.39, 0.29) is 5.91 Å². The first kappa shape index (κ1) is 19.9. The molecule has 3 N–H and O–H groups in total. The Morgan fingerprint density at radius 2 is 2.22 bits per heavy atom. The molecule has 1 amide bonds. The van der Waals surface area contributed by atoms with E-state index in [0.29, 0.717) is 25.1 Å². The van der Waals surface area contributed by atoms with E-state index in [1.165, 1.54) is 0 Å². The highest BCUT2D eigenvalue weighted by molar-refractivity contribution is 5.76. The zero-order valence-electron chi connectivity index (χ0n) is 16.3. The maximum Gasteiger partial charge on any atom is 0.220 e. The number of ether oxygens (including phenoxy) is 1. The Kier molecular flexibility index (Phi) is 5.89. The summed E-state index contributed by atoms with van der Waals surface area (Å²) in [6, 6.07) is 3.98. The predicted molar refractivity (Wildman–Crippen MR) is 101 cm³/mol. The van der Waals surface area contributed by atoms with Crippen LogP contribution in [0.15, 0.2) is 12.3 Å². The fourth-order valence-electron chi connectivity index (χ4n) is 4.36. The van der Waals surface area contributed by atoms with E-state index in [9.17, 15) is 9.90 Å². The Labute approximate surface area is 160 Å². The molecule has 7 heteroatoms. The van der Waals surface area contributed by atoms with Crippen LogP contribution in [0, 0.1) is 11.3 Å². The van der Waals surface area contributed by atoms with Crippen LogP contribution in [0.2, 0.25) is 0 Å². The Hall–Kier alpha value is -1.88. The fourth-order valence-corrected chi connectivity index (χ4v) is 4.36. The number of carbonyl (C=O) groups is 1. The summed E-state index contributed by atoms with van der Waals surface area (Å²) in [5.74, 6) is -0.00529. The van der Waals surface area contributed by atoms with E-state index in [1.54, 1.807) is 0 Å². The van der Waals surface area contributed by atoms with Crippen LogP contribution in [0.1, 0.15) is 57.2 Å². The molecule has 2 atom stereocenters. The summed E-state index contributed by atoms with van der Waals surface area (Å²) in [5, 5.41) is 23.1. The number of amides is 1. The number of aromatic amines is 1. The van der Waals surface area contributed by atoms with Gasteiger partial charge in [-0.25, -0.2) is 0 Å². The van der Waals surface area contributed by atoms with Crippen molar-refractivity contribution in [1.29, 1.82) is 5.26 Å². The number of nitriles is 1. The molecule has 2 fully saturated rings. The number of piperidine rings is 1. The van der Waals surface area contributed by atoms with Gasteiger partial charge in [0.1, 0.15) is 17.9 Å². The number of carbonyl (C=O) groups excluding carboxylic acids is 1. The lowest BCUT2D eigenvalue weighted by molar-refractivity contribution is -0.208. The second-order valence-electron chi connectivity index (χ2n) is 8.09. The minimum absolute atomic E-state index is 0.00529. The number of aliphatic hydroxyl groups excluding tert-OH is 1. The normalized spacial score (nSPS) is 28.0. The van der Waals surface area contributed by atoms with Gasteiger partial charge in [-0.1, -0.05) is 6.92 Å². The molecule has 1 aromatic heterocycles. The molecule has 0 unspecified atom stereocenters. The number of rotatable bonds is 5. The molecule has 148 valence electrons. The summed E-state index contributed by atoms with van der Waals surface area (Å²) < 4.78 is 6.10. The lowest BCUT2D eigenvalue weighted by Gasteiger charge is -2.53. The Morgan fingerprint density at radius 3 is 2.85 bits per heavy atom. The van der Waals surface area contributed by atoms with E-state index in [0.717, 1.165) is 44.5 Å². The van der Waals surface area contributed by atoms with Crippen molar-refractivity contribution in [3.05, 3.63) is 23.5 Å². The Balaban J connectivity index is 1.61. The second-order valence-corrected chi connectivity index (χ2v) is 8.09. The third kappa shape index (κ3) is 4.18. The number of aromatic nitrogens is 1. The molecule has 3 heterocycles. The average molecular weight is 374 g/mol. The van der Waals surface area contributed by atoms with Crippen molar-refractivity contribution in [2.24, 2.45) is 0 Å². The molecule has 3 rings (SSSR count). The monoisotopic (exact) mass is 374 g/mol. The minimum Gasteiger partial charge on any atom is -0.388 e. The van der Waals surface area contributed by atoms with Crippen LogP contribution in [-0.2, 0) is 16.1 Å². The van der Waals surface area contributed by atoms with Crippen molar-refractivity contribution in [2.45, 2.75) is 69.7 Å². The van der Waals surface area contributed by atoms with Crippen molar-refractivity contribution in [3.8, 4) is 6.07 Å². The highest BCUT2D eigenvalue weighted by Gasteiger charge is 2.53. The van der Waals surface area contributed by atoms with Crippen LogP contribution in [0.3, 0.4) is 0 Å². The SMILES string of the molecule is CCCC(=O)N[C@@]1(C)CCOC2(CCN(Cc3c[nH]c(C#N)c3)CC2)[C@@H]1O. The van der Waals surface area contributed by atoms with Crippen LogP contribution in [0.4, 0.5) is 0 Å². The highest BCUT2D eigenvalue weighted by Crippen LogP contribution is 2.40. The smallest absolute Gasteiger partial charge is 0.220 e. The number of nitrogens with one attached hydrogen (secondary N) is 2. The van der Waals surface area contributed by atoms with E-state index in [2.05, 4.69) is 21.3 Å². The van der Waals surface area contributed by atoms with Crippen molar-refractivity contribution >= 4 is 5.91 Å². The first-order valence-electron chi connectivity index (χ1n) is 9.83. The maximum absolute atomic E-state index is 12.1. The summed E-state index contributed by atoms with van der Waals surface area (Å²) >= 11 is 0. The standard InChI is InChI=1S/C20H30N4O3/c1-3-4-17(25)23-19(2)7-10-27-20(18(19)26)5-8-24(9-6-20)14-15-11-16(12-21)22-13-15/h11,13,18,22,26H,3-10,14H2,1-2H3,(H,23,25)/t18-,19+/m1/s1. The van der Waals surface area contributed by atoms with Crippen molar-refractivity contribution < 1.29 is 14.6 Å². The van der Waals surface area contributed by atoms with Gasteiger partial charge in [-0.05, 0) is 44.2 Å². The zero-order valence-corrected chi connectivity index (χ0v) is 16.3. The molecule has 0 aliphatic carbocycles. The lowest BCUT2D eigenvalue weighted by atomic mass is 9.73. The molecule has 2 saturated heterocycles. The van der Waals surface area contributed by atoms with E-state index >= 15 is 0 Å². The zero-order chi connectivity index (χ0) is 19.5. The number of nitrogens with zero attached hydrogens (tertiary/aromatic N) is 2. The molecule has 7 nitrogen and oxygen atoms in total. The molecule has 0 radical (unpaired) electrons. The summed E-state index contributed by atoms with van der Waals surface area (Å²) in [4.78, 5) is 17.4. The van der Waals surface area contributed by atoms with Crippen LogP contribution in [0.25, 0.3) is 0 Å². The van der Waals surface area contributed by atoms with Crippen molar-refractivity contribution in [2.75, 3.05) is 19.7 Å². The topological polar surface area (TPSA) is 101 Å². The molecule has 2 aliphatic rings. The average Bonchev–Trinajstić information content (AvgIpc) is 3.09. The summed E-state index contributed by atoms with van der Waals surface area (Å²) in [7, 11) is 0. The Morgan fingerprint density at radius 1 is 1.48 bits per heavy atom. The van der Waals surface area contributed by atoms with E-state index in [1.807, 2.05) is 26.1 Å². The third-order valence-corrected chi connectivity index (χ3v) is 5.99. The molecule has 27 heavy (non-hydrogen) atoms. The summed E-state index contributed by atoms with van der Waals surface area (Å²) in [5.41, 5.74) is 0.418. The van der Waals surface area contributed by atoms with Gasteiger partial charge in [0, 0.05) is 38.9 Å².